The third kappa shape index (κ3) is 6.10. The van der Waals surface area contributed by atoms with E-state index in [1.807, 2.05) is 13.0 Å². The fraction of sp³-hybridized carbons (Fsp3) is 0.519. The fourth-order valence-electron chi connectivity index (χ4n) is 4.42. The number of ether oxygens (including phenoxy) is 3. The van der Waals surface area contributed by atoms with Crippen molar-refractivity contribution in [1.29, 1.82) is 0 Å². The Hall–Kier alpha value is -2.77. The van der Waals surface area contributed by atoms with Crippen LogP contribution >= 0.6 is 0 Å². The molecule has 1 saturated heterocycles. The van der Waals surface area contributed by atoms with E-state index in [4.69, 9.17) is 23.0 Å². The lowest BCUT2D eigenvalue weighted by molar-refractivity contribution is -0.322. The predicted molar refractivity (Wildman–Crippen MR) is 136 cm³/mol. The summed E-state index contributed by atoms with van der Waals surface area (Å²) in [6, 6.07) is 6.39. The predicted octanol–water partition coefficient (Wildman–Crippen LogP) is 1.60. The highest BCUT2D eigenvalue weighted by Crippen LogP contribution is 2.35. The van der Waals surface area contributed by atoms with Crippen molar-refractivity contribution in [3.8, 4) is 5.75 Å². The normalized spacial score (nSPS) is 25.7. The first-order valence-corrected chi connectivity index (χ1v) is 12.4. The number of aliphatic hydroxyl groups is 5. The average Bonchev–Trinajstić information content (AvgIpc) is 3.33. The number of aliphatic hydroxyl groups excluding tert-OH is 4. The van der Waals surface area contributed by atoms with Gasteiger partial charge in [-0.1, -0.05) is 5.57 Å². The molecule has 1 aliphatic heterocycles. The van der Waals surface area contributed by atoms with Crippen LogP contribution < -0.4 is 10.4 Å². The number of rotatable bonds is 10. The monoisotopic (exact) mass is 534 g/mol. The molecule has 38 heavy (non-hydrogen) atoms. The van der Waals surface area contributed by atoms with Gasteiger partial charge in [-0.05, 0) is 51.8 Å². The van der Waals surface area contributed by atoms with Crippen LogP contribution in [0.15, 0.2) is 55.8 Å². The summed E-state index contributed by atoms with van der Waals surface area (Å²) in [5.41, 5.74) is 0.0224. The molecule has 0 aliphatic carbocycles. The second-order valence-electron chi connectivity index (χ2n) is 10.1. The number of hydrogen-bond donors (Lipinski definition) is 5. The number of allylic oxidation sites excluding steroid dienone is 1. The molecule has 2 aromatic heterocycles. The molecule has 4 rings (SSSR count). The second kappa shape index (κ2) is 11.5. The highest BCUT2D eigenvalue weighted by Gasteiger charge is 2.46. The second-order valence-corrected chi connectivity index (χ2v) is 10.1. The van der Waals surface area contributed by atoms with Crippen molar-refractivity contribution in [1.82, 2.24) is 0 Å². The van der Waals surface area contributed by atoms with Crippen molar-refractivity contribution in [3.05, 3.63) is 52.6 Å². The zero-order valence-electron chi connectivity index (χ0n) is 21.4. The molecule has 1 fully saturated rings. The summed E-state index contributed by atoms with van der Waals surface area (Å²) in [6.45, 7) is 4.64. The molecule has 11 nitrogen and oxygen atoms in total. The van der Waals surface area contributed by atoms with E-state index in [2.05, 4.69) is 0 Å². The number of fused-ring (bicyclic) bond motifs is 2. The van der Waals surface area contributed by atoms with Crippen LogP contribution in [0.3, 0.4) is 0 Å². The Kier molecular flexibility index (Phi) is 8.58. The maximum Gasteiger partial charge on any atom is 0.336 e. The average molecular weight is 535 g/mol. The maximum atomic E-state index is 11.6. The molecule has 11 heteroatoms. The van der Waals surface area contributed by atoms with E-state index in [1.165, 1.54) is 12.3 Å². The molecule has 0 unspecified atom stereocenters. The molecule has 208 valence electrons. The smallest absolute Gasteiger partial charge is 0.336 e. The van der Waals surface area contributed by atoms with Crippen LogP contribution in [-0.2, 0) is 9.47 Å². The topological polar surface area (TPSA) is 172 Å². The lowest BCUT2D eigenvalue weighted by Crippen LogP contribution is -2.60. The number of hydrogen-bond acceptors (Lipinski definition) is 11. The summed E-state index contributed by atoms with van der Waals surface area (Å²) in [6.07, 6.45) is -3.65. The standard InChI is InChI=1S/C27H34O11/c1-14(4-6-20(27(2,3)33)38-26-24(32)23(31)22(30)19(13-28)37-26)8-10-35-25-15-5-7-21(29)36-18(15)12-17-16(25)9-11-34-17/h5,7-9,11-12,19-20,22-24,26,28,30-33H,4,6,10,13H2,1-3H3/b14-8-/t19-,20-,22-,23+,24-,26+/m1/s1. The van der Waals surface area contributed by atoms with Gasteiger partial charge in [0.2, 0.25) is 0 Å². The molecule has 0 saturated carbocycles. The molecule has 5 N–H and O–H groups in total. The van der Waals surface area contributed by atoms with E-state index in [1.54, 1.807) is 32.0 Å². The molecular weight excluding hydrogens is 500 g/mol. The van der Waals surface area contributed by atoms with Crippen LogP contribution in [0.1, 0.15) is 33.6 Å². The maximum absolute atomic E-state index is 11.6. The van der Waals surface area contributed by atoms with Gasteiger partial charge in [0, 0.05) is 12.1 Å². The van der Waals surface area contributed by atoms with Gasteiger partial charge in [-0.25, -0.2) is 4.79 Å². The Morgan fingerprint density at radius 1 is 1.11 bits per heavy atom. The summed E-state index contributed by atoms with van der Waals surface area (Å²) in [5, 5.41) is 51.8. The van der Waals surface area contributed by atoms with Crippen molar-refractivity contribution < 1.29 is 48.6 Å². The van der Waals surface area contributed by atoms with Crippen molar-refractivity contribution in [2.75, 3.05) is 13.2 Å². The Bertz CT molecular complexity index is 1320. The Morgan fingerprint density at radius 2 is 1.84 bits per heavy atom. The van der Waals surface area contributed by atoms with E-state index >= 15 is 0 Å². The van der Waals surface area contributed by atoms with Gasteiger partial charge in [0.05, 0.1) is 35.3 Å². The minimum absolute atomic E-state index is 0.213. The van der Waals surface area contributed by atoms with Crippen molar-refractivity contribution >= 4 is 21.9 Å². The van der Waals surface area contributed by atoms with Gasteiger partial charge in [0.1, 0.15) is 47.9 Å². The quantitative estimate of drug-likeness (QED) is 0.189. The minimum atomic E-state index is -1.57. The molecule has 6 atom stereocenters. The highest BCUT2D eigenvalue weighted by atomic mass is 16.7. The lowest BCUT2D eigenvalue weighted by atomic mass is 9.94. The SMILES string of the molecule is C/C(=C/COc1c2ccoc2cc2oc(=O)ccc12)CC[C@@H](O[C@@H]1O[C@H](CO)[C@@H](O)[C@H](O)[C@H]1O)C(C)(C)O. The Morgan fingerprint density at radius 3 is 2.55 bits per heavy atom. The summed E-state index contributed by atoms with van der Waals surface area (Å²) >= 11 is 0. The molecule has 0 bridgehead atoms. The van der Waals surface area contributed by atoms with Gasteiger partial charge < -0.3 is 48.6 Å². The first-order chi connectivity index (χ1) is 18.0. The molecule has 3 aromatic rings. The van der Waals surface area contributed by atoms with Crippen molar-refractivity contribution in [2.45, 2.75) is 76.0 Å². The van der Waals surface area contributed by atoms with Crippen molar-refractivity contribution in [3.63, 3.8) is 0 Å². The van der Waals surface area contributed by atoms with E-state index < -0.39 is 54.6 Å². The van der Waals surface area contributed by atoms with Gasteiger partial charge in [0.25, 0.3) is 0 Å². The first kappa shape index (κ1) is 28.2. The molecule has 0 spiro atoms. The van der Waals surface area contributed by atoms with Crippen LogP contribution in [0, 0.1) is 0 Å². The first-order valence-electron chi connectivity index (χ1n) is 12.4. The Labute approximate surface area is 218 Å². The third-order valence-electron chi connectivity index (χ3n) is 6.70. The van der Waals surface area contributed by atoms with Gasteiger partial charge in [-0.3, -0.25) is 0 Å². The fourth-order valence-corrected chi connectivity index (χ4v) is 4.42. The van der Waals surface area contributed by atoms with Crippen LogP contribution in [0.4, 0.5) is 0 Å². The van der Waals surface area contributed by atoms with Gasteiger partial charge in [0.15, 0.2) is 6.29 Å². The number of benzene rings is 1. The molecule has 3 heterocycles. The summed E-state index contributed by atoms with van der Waals surface area (Å²) in [5.74, 6) is 0.527. The largest absolute Gasteiger partial charge is 0.488 e. The zero-order valence-corrected chi connectivity index (χ0v) is 21.4. The molecule has 0 amide bonds. The van der Waals surface area contributed by atoms with Crippen LogP contribution in [-0.4, -0.2) is 81.2 Å². The molecular formula is C27H34O11. The lowest BCUT2D eigenvalue weighted by Gasteiger charge is -2.42. The summed E-state index contributed by atoms with van der Waals surface area (Å²) in [7, 11) is 0. The zero-order chi connectivity index (χ0) is 27.6. The molecule has 1 aliphatic rings. The third-order valence-corrected chi connectivity index (χ3v) is 6.70. The van der Waals surface area contributed by atoms with E-state index in [0.29, 0.717) is 35.1 Å². The highest BCUT2D eigenvalue weighted by molar-refractivity contribution is 6.01. The van der Waals surface area contributed by atoms with Crippen LogP contribution in [0.5, 0.6) is 5.75 Å². The molecule has 1 aromatic carbocycles. The Balaban J connectivity index is 1.42. The van der Waals surface area contributed by atoms with Crippen molar-refractivity contribution in [2.24, 2.45) is 0 Å². The van der Waals surface area contributed by atoms with E-state index in [0.717, 1.165) is 11.0 Å². The summed E-state index contributed by atoms with van der Waals surface area (Å²) < 4.78 is 28.1. The van der Waals surface area contributed by atoms with E-state index in [-0.39, 0.29) is 6.61 Å². The van der Waals surface area contributed by atoms with Gasteiger partial charge in [-0.15, -0.1) is 0 Å². The van der Waals surface area contributed by atoms with Crippen LogP contribution in [0.2, 0.25) is 0 Å². The van der Waals surface area contributed by atoms with Crippen LogP contribution in [0.25, 0.3) is 21.9 Å². The minimum Gasteiger partial charge on any atom is -0.488 e. The van der Waals surface area contributed by atoms with E-state index in [9.17, 15) is 30.3 Å². The van der Waals surface area contributed by atoms with Gasteiger partial charge in [-0.2, -0.15) is 0 Å². The van der Waals surface area contributed by atoms with Gasteiger partial charge >= 0.3 is 5.63 Å². The molecule has 0 radical (unpaired) electrons. The number of furan rings is 1. The summed E-state index contributed by atoms with van der Waals surface area (Å²) in [4.78, 5) is 11.6.